The van der Waals surface area contributed by atoms with Gasteiger partial charge in [0.25, 0.3) is 0 Å². The molecule has 0 amide bonds. The zero-order valence-corrected chi connectivity index (χ0v) is 15.2. The van der Waals surface area contributed by atoms with Crippen molar-refractivity contribution in [2.45, 2.75) is 20.3 Å². The standard InChI is InChI=1S/C12H27N3S.HI/c1-11(2)10-16-9-7-8-13-12(14(3)4)15(5)6;/h11H,7-10H2,1-6H3;1H. The Morgan fingerprint density at radius 3 is 2.06 bits per heavy atom. The second-order valence-corrected chi connectivity index (χ2v) is 5.94. The van der Waals surface area contributed by atoms with E-state index in [4.69, 9.17) is 0 Å². The summed E-state index contributed by atoms with van der Waals surface area (Å²) in [6.45, 7) is 5.46. The first-order chi connectivity index (χ1) is 7.45. The Hall–Kier alpha value is 0.350. The molecule has 17 heavy (non-hydrogen) atoms. The fourth-order valence-electron chi connectivity index (χ4n) is 1.35. The topological polar surface area (TPSA) is 18.8 Å². The van der Waals surface area contributed by atoms with Crippen molar-refractivity contribution in [1.29, 1.82) is 0 Å². The van der Waals surface area contributed by atoms with E-state index in [1.165, 1.54) is 17.9 Å². The van der Waals surface area contributed by atoms with Gasteiger partial charge in [-0.15, -0.1) is 24.0 Å². The summed E-state index contributed by atoms with van der Waals surface area (Å²) in [5.74, 6) is 4.33. The third-order valence-corrected chi connectivity index (χ3v) is 3.43. The molecular formula is C12H28IN3S. The summed E-state index contributed by atoms with van der Waals surface area (Å²) in [5, 5.41) is 0. The highest BCUT2D eigenvalue weighted by molar-refractivity contribution is 14.0. The van der Waals surface area contributed by atoms with Crippen LogP contribution in [0, 0.1) is 5.92 Å². The molecule has 0 fully saturated rings. The summed E-state index contributed by atoms with van der Waals surface area (Å²) in [6, 6.07) is 0. The number of nitrogens with zero attached hydrogens (tertiary/aromatic N) is 3. The highest BCUT2D eigenvalue weighted by Crippen LogP contribution is 2.08. The van der Waals surface area contributed by atoms with Crippen LogP contribution in [0.1, 0.15) is 20.3 Å². The average Bonchev–Trinajstić information content (AvgIpc) is 2.14. The molecule has 0 radical (unpaired) electrons. The minimum absolute atomic E-state index is 0. The molecule has 0 saturated heterocycles. The molecule has 0 aromatic carbocycles. The number of aliphatic imine (C=N–C) groups is 1. The van der Waals surface area contributed by atoms with E-state index in [2.05, 4.69) is 28.6 Å². The van der Waals surface area contributed by atoms with Crippen LogP contribution >= 0.6 is 35.7 Å². The molecule has 0 aromatic rings. The molecule has 0 bridgehead atoms. The van der Waals surface area contributed by atoms with Crippen molar-refractivity contribution in [3.63, 3.8) is 0 Å². The van der Waals surface area contributed by atoms with E-state index in [1.807, 2.05) is 40.0 Å². The number of guanidine groups is 1. The van der Waals surface area contributed by atoms with Gasteiger partial charge in [-0.3, -0.25) is 4.99 Å². The molecule has 0 aromatic heterocycles. The van der Waals surface area contributed by atoms with Crippen LogP contribution in [0.5, 0.6) is 0 Å². The van der Waals surface area contributed by atoms with Gasteiger partial charge in [0, 0.05) is 34.7 Å². The smallest absolute Gasteiger partial charge is 0.195 e. The number of thioether (sulfide) groups is 1. The van der Waals surface area contributed by atoms with Crippen molar-refractivity contribution < 1.29 is 0 Å². The molecular weight excluding hydrogens is 345 g/mol. The van der Waals surface area contributed by atoms with E-state index in [-0.39, 0.29) is 24.0 Å². The second kappa shape index (κ2) is 11.4. The number of halogens is 1. The molecule has 0 aliphatic rings. The molecule has 0 unspecified atom stereocenters. The minimum atomic E-state index is 0. The van der Waals surface area contributed by atoms with Gasteiger partial charge in [0.05, 0.1) is 0 Å². The zero-order chi connectivity index (χ0) is 12.6. The van der Waals surface area contributed by atoms with Gasteiger partial charge in [-0.25, -0.2) is 0 Å². The van der Waals surface area contributed by atoms with Crippen LogP contribution in [0.2, 0.25) is 0 Å². The van der Waals surface area contributed by atoms with Crippen LogP contribution in [0.4, 0.5) is 0 Å². The number of hydrogen-bond donors (Lipinski definition) is 0. The Bertz CT molecular complexity index is 196. The molecule has 0 saturated carbocycles. The summed E-state index contributed by atoms with van der Waals surface area (Å²) in [5.41, 5.74) is 0. The summed E-state index contributed by atoms with van der Waals surface area (Å²) < 4.78 is 0. The normalized spacial score (nSPS) is 9.82. The quantitative estimate of drug-likeness (QED) is 0.309. The number of hydrogen-bond acceptors (Lipinski definition) is 2. The van der Waals surface area contributed by atoms with Crippen LogP contribution in [0.25, 0.3) is 0 Å². The molecule has 3 nitrogen and oxygen atoms in total. The SMILES string of the molecule is CC(C)CSCCCN=C(N(C)C)N(C)C.I. The molecule has 0 aliphatic carbocycles. The Morgan fingerprint density at radius 2 is 1.65 bits per heavy atom. The van der Waals surface area contributed by atoms with Gasteiger partial charge in [-0.1, -0.05) is 13.8 Å². The summed E-state index contributed by atoms with van der Waals surface area (Å²) in [6.07, 6.45) is 1.17. The van der Waals surface area contributed by atoms with Crippen molar-refractivity contribution in [2.24, 2.45) is 10.9 Å². The van der Waals surface area contributed by atoms with Crippen LogP contribution in [-0.4, -0.2) is 62.0 Å². The fourth-order valence-corrected chi connectivity index (χ4v) is 2.32. The van der Waals surface area contributed by atoms with Crippen molar-refractivity contribution in [2.75, 3.05) is 46.2 Å². The summed E-state index contributed by atoms with van der Waals surface area (Å²) >= 11 is 2.03. The third-order valence-electron chi connectivity index (χ3n) is 1.95. The molecule has 104 valence electrons. The van der Waals surface area contributed by atoms with Gasteiger partial charge in [0.1, 0.15) is 0 Å². The van der Waals surface area contributed by atoms with Gasteiger partial charge >= 0.3 is 0 Å². The van der Waals surface area contributed by atoms with Crippen LogP contribution < -0.4 is 0 Å². The van der Waals surface area contributed by atoms with Gasteiger partial charge < -0.3 is 9.80 Å². The van der Waals surface area contributed by atoms with E-state index in [0.717, 1.165) is 18.4 Å². The van der Waals surface area contributed by atoms with E-state index < -0.39 is 0 Å². The second-order valence-electron chi connectivity index (χ2n) is 4.79. The van der Waals surface area contributed by atoms with Gasteiger partial charge in [-0.2, -0.15) is 11.8 Å². The van der Waals surface area contributed by atoms with Crippen molar-refractivity contribution in [3.05, 3.63) is 0 Å². The maximum Gasteiger partial charge on any atom is 0.195 e. The highest BCUT2D eigenvalue weighted by atomic mass is 127. The largest absolute Gasteiger partial charge is 0.349 e. The summed E-state index contributed by atoms with van der Waals surface area (Å²) in [4.78, 5) is 8.71. The lowest BCUT2D eigenvalue weighted by atomic mass is 10.3. The molecule has 0 atom stereocenters. The van der Waals surface area contributed by atoms with E-state index in [9.17, 15) is 0 Å². The fraction of sp³-hybridized carbons (Fsp3) is 0.917. The maximum atomic E-state index is 4.59. The first-order valence-electron chi connectivity index (χ1n) is 5.92. The Balaban J connectivity index is 0. The maximum absolute atomic E-state index is 4.59. The number of rotatable bonds is 6. The highest BCUT2D eigenvalue weighted by Gasteiger charge is 2.02. The third kappa shape index (κ3) is 11.2. The van der Waals surface area contributed by atoms with Crippen molar-refractivity contribution in [1.82, 2.24) is 9.80 Å². The van der Waals surface area contributed by atoms with Crippen molar-refractivity contribution >= 4 is 41.7 Å². The molecule has 0 rings (SSSR count). The predicted octanol–water partition coefficient (Wildman–Crippen LogP) is 2.86. The molecule has 0 aliphatic heterocycles. The Kier molecular flexibility index (Phi) is 13.2. The lowest BCUT2D eigenvalue weighted by molar-refractivity contribution is 0.479. The average molecular weight is 373 g/mol. The monoisotopic (exact) mass is 373 g/mol. The van der Waals surface area contributed by atoms with Crippen LogP contribution in [0.3, 0.4) is 0 Å². The van der Waals surface area contributed by atoms with E-state index in [0.29, 0.717) is 0 Å². The molecule has 0 heterocycles. The van der Waals surface area contributed by atoms with Crippen LogP contribution in [0.15, 0.2) is 4.99 Å². The molecule has 5 heteroatoms. The van der Waals surface area contributed by atoms with E-state index >= 15 is 0 Å². The Labute approximate surface area is 128 Å². The van der Waals surface area contributed by atoms with Gasteiger partial charge in [-0.05, 0) is 23.8 Å². The Morgan fingerprint density at radius 1 is 1.12 bits per heavy atom. The minimum Gasteiger partial charge on any atom is -0.349 e. The van der Waals surface area contributed by atoms with E-state index in [1.54, 1.807) is 0 Å². The van der Waals surface area contributed by atoms with Gasteiger partial charge in [0.2, 0.25) is 0 Å². The van der Waals surface area contributed by atoms with Crippen molar-refractivity contribution in [3.8, 4) is 0 Å². The molecule has 0 N–H and O–H groups in total. The first-order valence-corrected chi connectivity index (χ1v) is 7.07. The summed E-state index contributed by atoms with van der Waals surface area (Å²) in [7, 11) is 8.14. The van der Waals surface area contributed by atoms with Crippen LogP contribution in [-0.2, 0) is 0 Å². The lowest BCUT2D eigenvalue weighted by Crippen LogP contribution is -2.35. The molecule has 0 spiro atoms. The zero-order valence-electron chi connectivity index (χ0n) is 12.1. The van der Waals surface area contributed by atoms with Gasteiger partial charge in [0.15, 0.2) is 5.96 Å². The predicted molar refractivity (Wildman–Crippen MR) is 91.9 cm³/mol. The lowest BCUT2D eigenvalue weighted by Gasteiger charge is -2.22. The first kappa shape index (κ1) is 19.7.